The fourth-order valence-electron chi connectivity index (χ4n) is 2.90. The van der Waals surface area contributed by atoms with E-state index in [1.54, 1.807) is 23.5 Å². The van der Waals surface area contributed by atoms with E-state index in [1.807, 2.05) is 0 Å². The summed E-state index contributed by atoms with van der Waals surface area (Å²) in [5.41, 5.74) is 2.62. The van der Waals surface area contributed by atoms with Crippen LogP contribution in [-0.2, 0) is 24.1 Å². The SMILES string of the molecule is COC(=O)c1c(NC(=S)NCc2ccc(F)cc2)sc2c1CCCC2. The van der Waals surface area contributed by atoms with Crippen molar-refractivity contribution in [2.24, 2.45) is 0 Å². The molecule has 0 radical (unpaired) electrons. The van der Waals surface area contributed by atoms with Crippen LogP contribution in [0.25, 0.3) is 0 Å². The van der Waals surface area contributed by atoms with Gasteiger partial charge in [0.2, 0.25) is 0 Å². The normalized spacial score (nSPS) is 13.0. The lowest BCUT2D eigenvalue weighted by Crippen LogP contribution is -2.28. The lowest BCUT2D eigenvalue weighted by Gasteiger charge is -2.12. The molecule has 132 valence electrons. The Kier molecular flexibility index (Phi) is 5.65. The van der Waals surface area contributed by atoms with Gasteiger partial charge in [0.25, 0.3) is 0 Å². The molecule has 7 heteroatoms. The Morgan fingerprint density at radius 3 is 2.72 bits per heavy atom. The van der Waals surface area contributed by atoms with Crippen molar-refractivity contribution in [3.8, 4) is 0 Å². The molecule has 0 fully saturated rings. The molecule has 1 aromatic heterocycles. The number of aryl methyl sites for hydroxylation is 1. The van der Waals surface area contributed by atoms with Crippen LogP contribution in [0.4, 0.5) is 9.39 Å². The summed E-state index contributed by atoms with van der Waals surface area (Å²) in [5, 5.41) is 7.37. The van der Waals surface area contributed by atoms with Crippen molar-refractivity contribution in [2.45, 2.75) is 32.2 Å². The molecule has 3 rings (SSSR count). The molecule has 2 aromatic rings. The molecule has 4 nitrogen and oxygen atoms in total. The maximum atomic E-state index is 12.9. The van der Waals surface area contributed by atoms with E-state index in [2.05, 4.69) is 10.6 Å². The molecule has 1 aromatic carbocycles. The molecule has 1 heterocycles. The van der Waals surface area contributed by atoms with Crippen molar-refractivity contribution in [1.29, 1.82) is 0 Å². The summed E-state index contributed by atoms with van der Waals surface area (Å²) in [5.74, 6) is -0.598. The second-order valence-electron chi connectivity index (χ2n) is 5.84. The maximum absolute atomic E-state index is 12.9. The van der Waals surface area contributed by atoms with Gasteiger partial charge in [-0.15, -0.1) is 11.3 Å². The first-order valence-electron chi connectivity index (χ1n) is 8.10. The molecule has 0 bridgehead atoms. The highest BCUT2D eigenvalue weighted by Crippen LogP contribution is 2.38. The zero-order valence-electron chi connectivity index (χ0n) is 13.9. The Balaban J connectivity index is 1.71. The minimum Gasteiger partial charge on any atom is -0.465 e. The zero-order valence-corrected chi connectivity index (χ0v) is 15.5. The second-order valence-corrected chi connectivity index (χ2v) is 7.35. The zero-order chi connectivity index (χ0) is 17.8. The maximum Gasteiger partial charge on any atom is 0.341 e. The first kappa shape index (κ1) is 17.8. The lowest BCUT2D eigenvalue weighted by molar-refractivity contribution is 0.0601. The monoisotopic (exact) mass is 378 g/mol. The Bertz CT molecular complexity index is 787. The quantitative estimate of drug-likeness (QED) is 0.621. The third-order valence-corrected chi connectivity index (χ3v) is 5.61. The number of hydrogen-bond donors (Lipinski definition) is 2. The van der Waals surface area contributed by atoms with E-state index in [4.69, 9.17) is 17.0 Å². The van der Waals surface area contributed by atoms with Gasteiger partial charge in [-0.2, -0.15) is 0 Å². The highest BCUT2D eigenvalue weighted by molar-refractivity contribution is 7.80. The van der Waals surface area contributed by atoms with Crippen molar-refractivity contribution in [1.82, 2.24) is 5.32 Å². The van der Waals surface area contributed by atoms with Crippen molar-refractivity contribution in [2.75, 3.05) is 12.4 Å². The molecule has 0 spiro atoms. The molecule has 0 saturated carbocycles. The highest BCUT2D eigenvalue weighted by atomic mass is 32.1. The van der Waals surface area contributed by atoms with Crippen LogP contribution in [0, 0.1) is 5.82 Å². The second kappa shape index (κ2) is 7.93. The Labute approximate surface area is 155 Å². The highest BCUT2D eigenvalue weighted by Gasteiger charge is 2.26. The first-order valence-corrected chi connectivity index (χ1v) is 9.33. The number of rotatable bonds is 4. The summed E-state index contributed by atoms with van der Waals surface area (Å²) in [6.07, 6.45) is 4.11. The molecular weight excluding hydrogens is 359 g/mol. The summed E-state index contributed by atoms with van der Waals surface area (Å²) in [6.45, 7) is 0.477. The number of esters is 1. The number of hydrogen-bond acceptors (Lipinski definition) is 4. The Morgan fingerprint density at radius 1 is 1.28 bits per heavy atom. The van der Waals surface area contributed by atoms with E-state index >= 15 is 0 Å². The molecule has 0 atom stereocenters. The molecule has 2 N–H and O–H groups in total. The molecule has 0 saturated heterocycles. The van der Waals surface area contributed by atoms with Gasteiger partial charge >= 0.3 is 5.97 Å². The van der Waals surface area contributed by atoms with Crippen LogP contribution in [-0.4, -0.2) is 18.2 Å². The molecule has 25 heavy (non-hydrogen) atoms. The molecule has 0 amide bonds. The van der Waals surface area contributed by atoms with Crippen molar-refractivity contribution >= 4 is 39.6 Å². The summed E-state index contributed by atoms with van der Waals surface area (Å²) in [6, 6.07) is 6.23. The molecule has 1 aliphatic rings. The summed E-state index contributed by atoms with van der Waals surface area (Å²) in [7, 11) is 1.39. The van der Waals surface area contributed by atoms with Crippen molar-refractivity contribution < 1.29 is 13.9 Å². The van der Waals surface area contributed by atoms with Gasteiger partial charge in [0.15, 0.2) is 5.11 Å². The van der Waals surface area contributed by atoms with Gasteiger partial charge in [0, 0.05) is 11.4 Å². The average Bonchev–Trinajstić information content (AvgIpc) is 2.98. The van der Waals surface area contributed by atoms with Gasteiger partial charge < -0.3 is 15.4 Å². The number of fused-ring (bicyclic) bond motifs is 1. The van der Waals surface area contributed by atoms with Crippen LogP contribution in [0.3, 0.4) is 0 Å². The molecular formula is C18H19FN2O2S2. The molecule has 0 unspecified atom stereocenters. The van der Waals surface area contributed by atoms with Crippen molar-refractivity contribution in [3.63, 3.8) is 0 Å². The smallest absolute Gasteiger partial charge is 0.341 e. The van der Waals surface area contributed by atoms with Crippen LogP contribution in [0.15, 0.2) is 24.3 Å². The van der Waals surface area contributed by atoms with E-state index < -0.39 is 0 Å². The number of carbonyl (C=O) groups is 1. The van der Waals surface area contributed by atoms with Crippen molar-refractivity contribution in [3.05, 3.63) is 51.7 Å². The fraction of sp³-hybridized carbons (Fsp3) is 0.333. The average molecular weight is 378 g/mol. The molecule has 1 aliphatic carbocycles. The lowest BCUT2D eigenvalue weighted by atomic mass is 9.95. The number of methoxy groups -OCH3 is 1. The number of benzene rings is 1. The first-order chi connectivity index (χ1) is 12.1. The number of ether oxygens (including phenoxy) is 1. The van der Waals surface area contributed by atoms with Crippen LogP contribution in [0.5, 0.6) is 0 Å². The van der Waals surface area contributed by atoms with Crippen LogP contribution in [0.1, 0.15) is 39.2 Å². The summed E-state index contributed by atoms with van der Waals surface area (Å²) >= 11 is 6.91. The van der Waals surface area contributed by atoms with Gasteiger partial charge in [-0.25, -0.2) is 9.18 Å². The van der Waals surface area contributed by atoms with E-state index in [0.717, 1.165) is 41.8 Å². The Morgan fingerprint density at radius 2 is 2.00 bits per heavy atom. The minimum absolute atomic E-state index is 0.267. The predicted octanol–water partition coefficient (Wildman–Crippen LogP) is 4.04. The predicted molar refractivity (Wildman–Crippen MR) is 102 cm³/mol. The van der Waals surface area contributed by atoms with Crippen LogP contribution in [0.2, 0.25) is 0 Å². The van der Waals surface area contributed by atoms with E-state index in [0.29, 0.717) is 17.2 Å². The molecule has 0 aliphatic heterocycles. The van der Waals surface area contributed by atoms with Crippen LogP contribution < -0.4 is 10.6 Å². The Hall–Kier alpha value is -1.99. The van der Waals surface area contributed by atoms with E-state index in [1.165, 1.54) is 24.1 Å². The van der Waals surface area contributed by atoms with E-state index in [-0.39, 0.29) is 11.8 Å². The number of anilines is 1. The third-order valence-electron chi connectivity index (χ3n) is 4.15. The van der Waals surface area contributed by atoms with E-state index in [9.17, 15) is 9.18 Å². The fourth-order valence-corrected chi connectivity index (χ4v) is 4.42. The van der Waals surface area contributed by atoms with Gasteiger partial charge in [-0.05, 0) is 61.2 Å². The standard InChI is InChI=1S/C18H19FN2O2S2/c1-23-17(22)15-13-4-2-3-5-14(13)25-16(15)21-18(24)20-10-11-6-8-12(19)9-7-11/h6-9H,2-5,10H2,1H3,(H2,20,21,24). The third kappa shape index (κ3) is 4.16. The summed E-state index contributed by atoms with van der Waals surface area (Å²) in [4.78, 5) is 13.4. The number of thiophene rings is 1. The largest absolute Gasteiger partial charge is 0.465 e. The van der Waals surface area contributed by atoms with Gasteiger partial charge in [-0.1, -0.05) is 12.1 Å². The number of thiocarbonyl (C=S) groups is 1. The van der Waals surface area contributed by atoms with Crippen LogP contribution >= 0.6 is 23.6 Å². The van der Waals surface area contributed by atoms with Gasteiger partial charge in [-0.3, -0.25) is 0 Å². The number of nitrogens with one attached hydrogen (secondary N) is 2. The van der Waals surface area contributed by atoms with Gasteiger partial charge in [0.1, 0.15) is 10.8 Å². The topological polar surface area (TPSA) is 50.4 Å². The minimum atomic E-state index is -0.330. The summed E-state index contributed by atoms with van der Waals surface area (Å²) < 4.78 is 17.9. The number of carbonyl (C=O) groups excluding carboxylic acids is 1. The number of halogens is 1. The van der Waals surface area contributed by atoms with Gasteiger partial charge in [0.05, 0.1) is 12.7 Å².